The molecule has 0 aliphatic heterocycles. The molecule has 1 aromatic carbocycles. The molecule has 2 heterocycles. The van der Waals surface area contributed by atoms with Gasteiger partial charge in [0.1, 0.15) is 16.7 Å². The number of carbonyl (C=O) groups excluding carboxylic acids is 1. The lowest BCUT2D eigenvalue weighted by Crippen LogP contribution is -2.35. The number of aromatic nitrogens is 2. The lowest BCUT2D eigenvalue weighted by molar-refractivity contribution is -0.121. The molecule has 1 unspecified atom stereocenters. The third-order valence-electron chi connectivity index (χ3n) is 4.66. The number of hydrogen-bond donors (Lipinski definition) is 1. The van der Waals surface area contributed by atoms with Gasteiger partial charge in [0.2, 0.25) is 5.91 Å². The highest BCUT2D eigenvalue weighted by atomic mass is 32.1. The second-order valence-electron chi connectivity index (χ2n) is 6.29. The summed E-state index contributed by atoms with van der Waals surface area (Å²) in [4.78, 5) is 30.2. The minimum Gasteiger partial charge on any atom is -0.368 e. The zero-order valence-electron chi connectivity index (χ0n) is 14.8. The van der Waals surface area contributed by atoms with Gasteiger partial charge in [-0.05, 0) is 43.9 Å². The zero-order chi connectivity index (χ0) is 18.3. The summed E-state index contributed by atoms with van der Waals surface area (Å²) in [6.45, 7) is 7.68. The van der Waals surface area contributed by atoms with Crippen LogP contribution in [0.2, 0.25) is 0 Å². The molecule has 0 aliphatic rings. The van der Waals surface area contributed by atoms with Crippen LogP contribution in [0.25, 0.3) is 21.3 Å². The van der Waals surface area contributed by atoms with Gasteiger partial charge in [-0.3, -0.25) is 14.2 Å². The highest BCUT2D eigenvalue weighted by Crippen LogP contribution is 2.32. The molecule has 0 bridgehead atoms. The van der Waals surface area contributed by atoms with Gasteiger partial charge in [0.25, 0.3) is 5.56 Å². The third-order valence-corrected chi connectivity index (χ3v) is 5.53. The predicted octanol–water partition coefficient (Wildman–Crippen LogP) is 3.49. The Morgan fingerprint density at radius 1 is 1.28 bits per heavy atom. The van der Waals surface area contributed by atoms with Crippen molar-refractivity contribution in [3.8, 4) is 11.1 Å². The van der Waals surface area contributed by atoms with Crippen LogP contribution in [0.3, 0.4) is 0 Å². The van der Waals surface area contributed by atoms with Crippen molar-refractivity contribution in [1.82, 2.24) is 9.55 Å². The van der Waals surface area contributed by atoms with Crippen molar-refractivity contribution in [2.24, 2.45) is 5.73 Å². The monoisotopic (exact) mass is 355 g/mol. The molecule has 0 aliphatic carbocycles. The van der Waals surface area contributed by atoms with E-state index < -0.39 is 11.9 Å². The molecule has 2 aromatic heterocycles. The van der Waals surface area contributed by atoms with Gasteiger partial charge in [-0.15, -0.1) is 11.3 Å². The average molecular weight is 355 g/mol. The SMILES string of the molecule is CCC(C(N)=O)n1c(C)nc2scc(-c3ccc(C)c(C)c3)c2c1=O. The number of benzene rings is 1. The van der Waals surface area contributed by atoms with E-state index in [1.54, 1.807) is 6.92 Å². The summed E-state index contributed by atoms with van der Waals surface area (Å²) >= 11 is 1.44. The summed E-state index contributed by atoms with van der Waals surface area (Å²) in [5.74, 6) is -0.00607. The molecule has 3 aromatic rings. The third kappa shape index (κ3) is 2.87. The fraction of sp³-hybridized carbons (Fsp3) is 0.316. The van der Waals surface area contributed by atoms with Crippen LogP contribution >= 0.6 is 11.3 Å². The molecule has 5 nitrogen and oxygen atoms in total. The maximum Gasteiger partial charge on any atom is 0.263 e. The number of amides is 1. The first kappa shape index (κ1) is 17.4. The summed E-state index contributed by atoms with van der Waals surface area (Å²) in [7, 11) is 0. The van der Waals surface area contributed by atoms with Gasteiger partial charge in [0.05, 0.1) is 5.39 Å². The van der Waals surface area contributed by atoms with Gasteiger partial charge in [0.15, 0.2) is 0 Å². The van der Waals surface area contributed by atoms with E-state index in [9.17, 15) is 9.59 Å². The number of nitrogens with zero attached hydrogens (tertiary/aromatic N) is 2. The van der Waals surface area contributed by atoms with Gasteiger partial charge in [-0.1, -0.05) is 25.1 Å². The Labute approximate surface area is 150 Å². The number of thiophene rings is 1. The minimum atomic E-state index is -0.683. The number of rotatable bonds is 4. The molecule has 2 N–H and O–H groups in total. The smallest absolute Gasteiger partial charge is 0.263 e. The van der Waals surface area contributed by atoms with Gasteiger partial charge in [0, 0.05) is 10.9 Å². The molecule has 0 radical (unpaired) electrons. The second kappa shape index (κ2) is 6.44. The maximum atomic E-state index is 13.2. The molecule has 3 rings (SSSR count). The first-order chi connectivity index (χ1) is 11.8. The number of carbonyl (C=O) groups is 1. The number of nitrogens with two attached hydrogens (primary N) is 1. The minimum absolute atomic E-state index is 0.206. The molecule has 130 valence electrons. The van der Waals surface area contributed by atoms with Gasteiger partial charge >= 0.3 is 0 Å². The first-order valence-corrected chi connectivity index (χ1v) is 9.10. The van der Waals surface area contributed by atoms with E-state index in [0.29, 0.717) is 22.5 Å². The summed E-state index contributed by atoms with van der Waals surface area (Å²) in [5.41, 5.74) is 9.50. The maximum absolute atomic E-state index is 13.2. The van der Waals surface area contributed by atoms with E-state index in [4.69, 9.17) is 5.73 Å². The Bertz CT molecular complexity index is 1030. The van der Waals surface area contributed by atoms with Crippen LogP contribution in [0.15, 0.2) is 28.4 Å². The summed E-state index contributed by atoms with van der Waals surface area (Å²) < 4.78 is 1.43. The molecular formula is C19H21N3O2S. The Hall–Kier alpha value is -2.47. The van der Waals surface area contributed by atoms with Crippen LogP contribution in [0, 0.1) is 20.8 Å². The molecule has 0 saturated heterocycles. The molecule has 0 fully saturated rings. The van der Waals surface area contributed by atoms with E-state index in [2.05, 4.69) is 18.0 Å². The highest BCUT2D eigenvalue weighted by Gasteiger charge is 2.23. The largest absolute Gasteiger partial charge is 0.368 e. The molecule has 1 amide bonds. The Morgan fingerprint density at radius 3 is 2.60 bits per heavy atom. The van der Waals surface area contributed by atoms with E-state index in [0.717, 1.165) is 11.1 Å². The van der Waals surface area contributed by atoms with Gasteiger partial charge in [-0.2, -0.15) is 0 Å². The van der Waals surface area contributed by atoms with Crippen LogP contribution in [0.1, 0.15) is 36.3 Å². The van der Waals surface area contributed by atoms with E-state index in [-0.39, 0.29) is 5.56 Å². The number of aryl methyl sites for hydroxylation is 3. The molecular weight excluding hydrogens is 334 g/mol. The fourth-order valence-corrected chi connectivity index (χ4v) is 4.09. The normalized spacial score (nSPS) is 12.5. The lowest BCUT2D eigenvalue weighted by Gasteiger charge is -2.17. The fourth-order valence-electron chi connectivity index (χ4n) is 3.10. The van der Waals surface area contributed by atoms with Gasteiger partial charge in [-0.25, -0.2) is 4.98 Å². The molecule has 25 heavy (non-hydrogen) atoms. The van der Waals surface area contributed by atoms with Crippen LogP contribution in [-0.2, 0) is 4.79 Å². The molecule has 0 spiro atoms. The topological polar surface area (TPSA) is 78.0 Å². The summed E-state index contributed by atoms with van der Waals surface area (Å²) in [6, 6.07) is 5.45. The van der Waals surface area contributed by atoms with E-state index in [1.807, 2.05) is 31.4 Å². The Morgan fingerprint density at radius 2 is 2.00 bits per heavy atom. The summed E-state index contributed by atoms with van der Waals surface area (Å²) in [6.07, 6.45) is 0.451. The van der Waals surface area contributed by atoms with Crippen LogP contribution in [-0.4, -0.2) is 15.5 Å². The predicted molar refractivity (Wildman–Crippen MR) is 102 cm³/mol. The molecule has 1 atom stereocenters. The number of primary amides is 1. The standard InChI is InChI=1S/C19H21N3O2S/c1-5-15(17(20)23)22-12(4)21-18-16(19(22)24)14(9-25-18)13-7-6-10(2)11(3)8-13/h6-9,15H,5H2,1-4H3,(H2,20,23). The van der Waals surface area contributed by atoms with Gasteiger partial charge < -0.3 is 5.73 Å². The van der Waals surface area contributed by atoms with Crippen molar-refractivity contribution >= 4 is 27.5 Å². The van der Waals surface area contributed by atoms with Crippen molar-refractivity contribution in [3.05, 3.63) is 50.9 Å². The number of fused-ring (bicyclic) bond motifs is 1. The molecule has 6 heteroatoms. The van der Waals surface area contributed by atoms with Crippen LogP contribution in [0.5, 0.6) is 0 Å². The quantitative estimate of drug-likeness (QED) is 0.778. The van der Waals surface area contributed by atoms with Crippen molar-refractivity contribution in [1.29, 1.82) is 0 Å². The zero-order valence-corrected chi connectivity index (χ0v) is 15.6. The second-order valence-corrected chi connectivity index (χ2v) is 7.15. The first-order valence-electron chi connectivity index (χ1n) is 8.22. The van der Waals surface area contributed by atoms with E-state index in [1.165, 1.54) is 27.0 Å². The van der Waals surface area contributed by atoms with E-state index >= 15 is 0 Å². The lowest BCUT2D eigenvalue weighted by atomic mass is 10.0. The van der Waals surface area contributed by atoms with Crippen molar-refractivity contribution in [2.45, 2.75) is 40.2 Å². The summed E-state index contributed by atoms with van der Waals surface area (Å²) in [5, 5.41) is 2.51. The van der Waals surface area contributed by atoms with Crippen molar-refractivity contribution < 1.29 is 4.79 Å². The average Bonchev–Trinajstić information content (AvgIpc) is 2.97. The van der Waals surface area contributed by atoms with Crippen LogP contribution < -0.4 is 11.3 Å². The van der Waals surface area contributed by atoms with Crippen LogP contribution in [0.4, 0.5) is 0 Å². The number of hydrogen-bond acceptors (Lipinski definition) is 4. The highest BCUT2D eigenvalue weighted by molar-refractivity contribution is 7.17. The molecule has 0 saturated carbocycles. The Balaban J connectivity index is 2.32. The van der Waals surface area contributed by atoms with Crippen molar-refractivity contribution in [3.63, 3.8) is 0 Å². The van der Waals surface area contributed by atoms with Crippen molar-refractivity contribution in [2.75, 3.05) is 0 Å². The Kier molecular flexibility index (Phi) is 4.47.